The Kier molecular flexibility index (Phi) is 4.58. The molecule has 100 valence electrons. The third kappa shape index (κ3) is 3.83. The highest BCUT2D eigenvalue weighted by Crippen LogP contribution is 2.15. The van der Waals surface area contributed by atoms with E-state index in [9.17, 15) is 4.79 Å². The molecule has 1 atom stereocenters. The maximum atomic E-state index is 11.9. The van der Waals surface area contributed by atoms with Crippen LogP contribution in [0.25, 0.3) is 0 Å². The monoisotopic (exact) mass is 277 g/mol. The average molecular weight is 278 g/mol. The molecule has 0 radical (unpaired) electrons. The molecule has 0 saturated heterocycles. The Labute approximate surface area is 117 Å². The molecule has 0 spiro atoms. The first-order valence-corrected chi connectivity index (χ1v) is 6.59. The topological polar surface area (TPSA) is 46.9 Å². The van der Waals surface area contributed by atoms with E-state index in [0.29, 0.717) is 5.02 Å². The fourth-order valence-electron chi connectivity index (χ4n) is 1.92. The van der Waals surface area contributed by atoms with Crippen molar-refractivity contribution in [2.75, 3.05) is 0 Å². The normalized spacial score (nSPS) is 12.1. The maximum absolute atomic E-state index is 11.9. The zero-order chi connectivity index (χ0) is 13.7. The van der Waals surface area contributed by atoms with Gasteiger partial charge < -0.3 is 5.32 Å². The molecule has 0 saturated carbocycles. The van der Waals surface area contributed by atoms with E-state index in [1.165, 1.54) is 10.9 Å². The molecule has 1 N–H and O–H groups in total. The lowest BCUT2D eigenvalue weighted by molar-refractivity contribution is -0.122. The summed E-state index contributed by atoms with van der Waals surface area (Å²) in [4.78, 5) is 11.9. The molecule has 0 bridgehead atoms. The van der Waals surface area contributed by atoms with E-state index >= 15 is 0 Å². The van der Waals surface area contributed by atoms with Crippen molar-refractivity contribution in [1.82, 2.24) is 15.1 Å². The zero-order valence-corrected chi connectivity index (χ0v) is 11.5. The predicted molar refractivity (Wildman–Crippen MR) is 74.9 cm³/mol. The van der Waals surface area contributed by atoms with Crippen LogP contribution >= 0.6 is 11.6 Å². The number of carbonyl (C=O) groups excluding carboxylic acids is 1. The van der Waals surface area contributed by atoms with E-state index in [-0.39, 0.29) is 18.5 Å². The van der Waals surface area contributed by atoms with Crippen LogP contribution < -0.4 is 5.32 Å². The van der Waals surface area contributed by atoms with E-state index < -0.39 is 0 Å². The Hall–Kier alpha value is -1.81. The second-order valence-electron chi connectivity index (χ2n) is 4.30. The third-order valence-electron chi connectivity index (χ3n) is 2.85. The molecule has 1 unspecified atom stereocenters. The minimum Gasteiger partial charge on any atom is -0.348 e. The van der Waals surface area contributed by atoms with E-state index in [2.05, 4.69) is 10.4 Å². The van der Waals surface area contributed by atoms with Crippen LogP contribution in [0, 0.1) is 0 Å². The Bertz CT molecular complexity index is 539. The quantitative estimate of drug-likeness (QED) is 0.913. The summed E-state index contributed by atoms with van der Waals surface area (Å²) in [6.07, 6.45) is 3.99. The summed E-state index contributed by atoms with van der Waals surface area (Å²) in [6.45, 7) is 2.22. The number of carbonyl (C=O) groups is 1. The molecule has 5 heteroatoms. The fourth-order valence-corrected chi connectivity index (χ4v) is 2.07. The lowest BCUT2D eigenvalue weighted by Gasteiger charge is -2.17. The van der Waals surface area contributed by atoms with Crippen molar-refractivity contribution < 1.29 is 4.79 Å². The van der Waals surface area contributed by atoms with Crippen LogP contribution in [0.3, 0.4) is 0 Å². The predicted octanol–water partition coefficient (Wildman–Crippen LogP) is 2.80. The summed E-state index contributed by atoms with van der Waals surface area (Å²) < 4.78 is 1.52. The first-order valence-electron chi connectivity index (χ1n) is 6.21. The average Bonchev–Trinajstić information content (AvgIpc) is 2.82. The Morgan fingerprint density at radius 3 is 2.74 bits per heavy atom. The zero-order valence-electron chi connectivity index (χ0n) is 10.7. The van der Waals surface area contributed by atoms with Gasteiger partial charge in [0.25, 0.3) is 0 Å². The van der Waals surface area contributed by atoms with Crippen LogP contribution in [0.2, 0.25) is 5.02 Å². The Morgan fingerprint density at radius 1 is 1.42 bits per heavy atom. The first kappa shape index (κ1) is 13.6. The van der Waals surface area contributed by atoms with Crippen LogP contribution in [0.5, 0.6) is 0 Å². The maximum Gasteiger partial charge on any atom is 0.242 e. The second kappa shape index (κ2) is 6.38. The minimum atomic E-state index is -0.0736. The van der Waals surface area contributed by atoms with Crippen LogP contribution in [0.15, 0.2) is 42.7 Å². The van der Waals surface area contributed by atoms with Gasteiger partial charge in [0.1, 0.15) is 6.54 Å². The van der Waals surface area contributed by atoms with Gasteiger partial charge in [-0.25, -0.2) is 0 Å². The van der Waals surface area contributed by atoms with Gasteiger partial charge in [-0.3, -0.25) is 9.48 Å². The largest absolute Gasteiger partial charge is 0.348 e. The van der Waals surface area contributed by atoms with Crippen LogP contribution in [0.4, 0.5) is 0 Å². The second-order valence-corrected chi connectivity index (χ2v) is 4.73. The number of benzene rings is 1. The van der Waals surface area contributed by atoms with Gasteiger partial charge in [0.05, 0.1) is 17.3 Å². The van der Waals surface area contributed by atoms with E-state index in [1.54, 1.807) is 6.20 Å². The molecule has 0 fully saturated rings. The molecule has 4 nitrogen and oxygen atoms in total. The number of nitrogens with zero attached hydrogens (tertiary/aromatic N) is 2. The molecule has 1 heterocycles. The molecular weight excluding hydrogens is 262 g/mol. The van der Waals surface area contributed by atoms with Crippen molar-refractivity contribution in [3.63, 3.8) is 0 Å². The summed E-state index contributed by atoms with van der Waals surface area (Å²) in [6, 6.07) is 9.96. The molecule has 19 heavy (non-hydrogen) atoms. The van der Waals surface area contributed by atoms with Crippen LogP contribution in [-0.2, 0) is 11.3 Å². The number of amides is 1. The standard InChI is InChI=1S/C14H16ClN3O/c1-2-13(11-6-4-3-5-7-11)17-14(19)10-18-9-12(15)8-16-18/h3-9,13H,2,10H2,1H3,(H,17,19). The number of nitrogens with one attached hydrogen (secondary N) is 1. The van der Waals surface area contributed by atoms with E-state index in [1.807, 2.05) is 37.3 Å². The highest BCUT2D eigenvalue weighted by molar-refractivity contribution is 6.30. The lowest BCUT2D eigenvalue weighted by atomic mass is 10.0. The van der Waals surface area contributed by atoms with Gasteiger partial charge in [0.15, 0.2) is 0 Å². The van der Waals surface area contributed by atoms with Gasteiger partial charge in [-0.05, 0) is 12.0 Å². The van der Waals surface area contributed by atoms with Crippen LogP contribution in [-0.4, -0.2) is 15.7 Å². The Morgan fingerprint density at radius 2 is 2.16 bits per heavy atom. The van der Waals surface area contributed by atoms with Crippen molar-refractivity contribution >= 4 is 17.5 Å². The number of hydrogen-bond acceptors (Lipinski definition) is 2. The number of hydrogen-bond donors (Lipinski definition) is 1. The van der Waals surface area contributed by atoms with Crippen LogP contribution in [0.1, 0.15) is 24.9 Å². The summed E-state index contributed by atoms with van der Waals surface area (Å²) in [7, 11) is 0. The van der Waals surface area contributed by atoms with Gasteiger partial charge >= 0.3 is 0 Å². The van der Waals surface area contributed by atoms with Gasteiger partial charge in [-0.2, -0.15) is 5.10 Å². The molecule has 1 amide bonds. The molecule has 1 aromatic carbocycles. The SMILES string of the molecule is CCC(NC(=O)Cn1cc(Cl)cn1)c1ccccc1. The van der Waals surface area contributed by atoms with E-state index in [0.717, 1.165) is 12.0 Å². The molecule has 1 aromatic heterocycles. The number of rotatable bonds is 5. The van der Waals surface area contributed by atoms with Crippen molar-refractivity contribution in [3.8, 4) is 0 Å². The molecule has 2 rings (SSSR count). The summed E-state index contributed by atoms with van der Waals surface area (Å²) >= 11 is 5.76. The fraction of sp³-hybridized carbons (Fsp3) is 0.286. The Balaban J connectivity index is 1.97. The lowest BCUT2D eigenvalue weighted by Crippen LogP contribution is -2.31. The summed E-state index contributed by atoms with van der Waals surface area (Å²) in [5, 5.41) is 7.51. The van der Waals surface area contributed by atoms with Crippen molar-refractivity contribution in [3.05, 3.63) is 53.3 Å². The smallest absolute Gasteiger partial charge is 0.242 e. The van der Waals surface area contributed by atoms with Gasteiger partial charge in [-0.15, -0.1) is 0 Å². The van der Waals surface area contributed by atoms with Crippen molar-refractivity contribution in [2.24, 2.45) is 0 Å². The third-order valence-corrected chi connectivity index (χ3v) is 3.05. The summed E-state index contributed by atoms with van der Waals surface area (Å²) in [5.41, 5.74) is 1.11. The molecule has 0 aliphatic carbocycles. The van der Waals surface area contributed by atoms with Gasteiger partial charge in [0.2, 0.25) is 5.91 Å². The summed E-state index contributed by atoms with van der Waals surface area (Å²) in [5.74, 6) is -0.0736. The highest BCUT2D eigenvalue weighted by atomic mass is 35.5. The highest BCUT2D eigenvalue weighted by Gasteiger charge is 2.12. The minimum absolute atomic E-state index is 0.0275. The molecule has 0 aliphatic heterocycles. The number of halogens is 1. The first-order chi connectivity index (χ1) is 9.19. The van der Waals surface area contributed by atoms with Crippen molar-refractivity contribution in [1.29, 1.82) is 0 Å². The van der Waals surface area contributed by atoms with E-state index in [4.69, 9.17) is 11.6 Å². The van der Waals surface area contributed by atoms with Gasteiger partial charge in [-0.1, -0.05) is 48.9 Å². The molecule has 0 aliphatic rings. The molecular formula is C14H16ClN3O. The number of aromatic nitrogens is 2. The van der Waals surface area contributed by atoms with Gasteiger partial charge in [0, 0.05) is 6.20 Å². The van der Waals surface area contributed by atoms with Crippen molar-refractivity contribution in [2.45, 2.75) is 25.9 Å². The molecule has 2 aromatic rings.